The zero-order valence-electron chi connectivity index (χ0n) is 13.7. The van der Waals surface area contributed by atoms with E-state index in [4.69, 9.17) is 16.3 Å². The van der Waals surface area contributed by atoms with Gasteiger partial charge in [-0.25, -0.2) is 4.79 Å². The van der Waals surface area contributed by atoms with E-state index < -0.39 is 6.04 Å². The second-order valence-corrected chi connectivity index (χ2v) is 6.03. The first-order valence-corrected chi connectivity index (χ1v) is 8.21. The van der Waals surface area contributed by atoms with Crippen molar-refractivity contribution < 1.29 is 14.3 Å². The number of anilines is 1. The van der Waals surface area contributed by atoms with E-state index in [1.165, 1.54) is 4.90 Å². The monoisotopic (exact) mass is 359 g/mol. The van der Waals surface area contributed by atoms with Crippen molar-refractivity contribution in [3.8, 4) is 5.75 Å². The maximum Gasteiger partial charge on any atom is 0.322 e. The summed E-state index contributed by atoms with van der Waals surface area (Å²) in [5.74, 6) is 0.486. The van der Waals surface area contributed by atoms with Crippen LogP contribution in [0.3, 0.4) is 0 Å². The van der Waals surface area contributed by atoms with Gasteiger partial charge in [0.25, 0.3) is 0 Å². The molecule has 1 atom stereocenters. The average Bonchev–Trinajstić information content (AvgIpc) is 2.63. The molecule has 1 aliphatic heterocycles. The van der Waals surface area contributed by atoms with Crippen LogP contribution in [-0.4, -0.2) is 37.0 Å². The summed E-state index contributed by atoms with van der Waals surface area (Å²) in [4.78, 5) is 26.6. The molecule has 1 heterocycles. The van der Waals surface area contributed by atoms with Crippen molar-refractivity contribution in [1.29, 1.82) is 0 Å². The van der Waals surface area contributed by atoms with Gasteiger partial charge in [-0.1, -0.05) is 23.7 Å². The van der Waals surface area contributed by atoms with E-state index in [1.54, 1.807) is 55.6 Å². The molecular weight excluding hydrogens is 342 g/mol. The Morgan fingerprint density at radius 3 is 2.52 bits per heavy atom. The lowest BCUT2D eigenvalue weighted by atomic mass is 10.0. The van der Waals surface area contributed by atoms with Gasteiger partial charge in [0.2, 0.25) is 5.91 Å². The highest BCUT2D eigenvalue weighted by Gasteiger charge is 2.34. The zero-order chi connectivity index (χ0) is 17.8. The first-order valence-electron chi connectivity index (χ1n) is 7.83. The minimum atomic E-state index is -0.688. The second kappa shape index (κ2) is 7.44. The van der Waals surface area contributed by atoms with Crippen molar-refractivity contribution in [3.05, 3.63) is 59.1 Å². The lowest BCUT2D eigenvalue weighted by Crippen LogP contribution is -2.53. The van der Waals surface area contributed by atoms with Crippen LogP contribution in [0.2, 0.25) is 5.02 Å². The first kappa shape index (κ1) is 17.1. The van der Waals surface area contributed by atoms with Gasteiger partial charge in [0.15, 0.2) is 0 Å². The van der Waals surface area contributed by atoms with Gasteiger partial charge in [0.05, 0.1) is 7.11 Å². The summed E-state index contributed by atoms with van der Waals surface area (Å²) in [6, 6.07) is 12.9. The summed E-state index contributed by atoms with van der Waals surface area (Å²) in [6.07, 6.45) is 0. The number of carbonyl (C=O) groups is 2. The van der Waals surface area contributed by atoms with Crippen LogP contribution in [0.25, 0.3) is 0 Å². The third kappa shape index (κ3) is 3.85. The van der Waals surface area contributed by atoms with E-state index in [2.05, 4.69) is 10.6 Å². The predicted molar refractivity (Wildman–Crippen MR) is 95.9 cm³/mol. The lowest BCUT2D eigenvalue weighted by Gasteiger charge is -2.35. The van der Waals surface area contributed by atoms with Crippen LogP contribution in [0.15, 0.2) is 48.5 Å². The fourth-order valence-corrected chi connectivity index (χ4v) is 2.86. The van der Waals surface area contributed by atoms with Crippen LogP contribution < -0.4 is 15.4 Å². The molecule has 0 spiro atoms. The van der Waals surface area contributed by atoms with E-state index in [9.17, 15) is 9.59 Å². The van der Waals surface area contributed by atoms with Gasteiger partial charge in [-0.3, -0.25) is 4.79 Å². The van der Waals surface area contributed by atoms with Crippen LogP contribution in [0.1, 0.15) is 11.6 Å². The number of urea groups is 1. The minimum absolute atomic E-state index is 0.206. The number of carbonyl (C=O) groups excluding carboxylic acids is 2. The van der Waals surface area contributed by atoms with Gasteiger partial charge in [0.1, 0.15) is 11.8 Å². The summed E-state index contributed by atoms with van der Waals surface area (Å²) in [6.45, 7) is 0.835. The molecule has 1 fully saturated rings. The van der Waals surface area contributed by atoms with Crippen molar-refractivity contribution in [3.63, 3.8) is 0 Å². The van der Waals surface area contributed by atoms with Gasteiger partial charge in [-0.2, -0.15) is 0 Å². The van der Waals surface area contributed by atoms with Gasteiger partial charge in [-0.05, 0) is 42.0 Å². The van der Waals surface area contributed by atoms with Crippen LogP contribution in [0, 0.1) is 0 Å². The predicted octanol–water partition coefficient (Wildman–Crippen LogP) is 3.05. The largest absolute Gasteiger partial charge is 0.497 e. The van der Waals surface area contributed by atoms with Gasteiger partial charge in [-0.15, -0.1) is 0 Å². The van der Waals surface area contributed by atoms with Crippen LogP contribution >= 0.6 is 11.6 Å². The zero-order valence-corrected chi connectivity index (χ0v) is 14.4. The van der Waals surface area contributed by atoms with Crippen molar-refractivity contribution in [2.75, 3.05) is 25.5 Å². The summed E-state index contributed by atoms with van der Waals surface area (Å²) < 4.78 is 5.14. The fraction of sp³-hybridized carbons (Fsp3) is 0.222. The number of methoxy groups -OCH3 is 1. The number of hydrogen-bond donors (Lipinski definition) is 2. The first-order chi connectivity index (χ1) is 12.1. The van der Waals surface area contributed by atoms with Crippen LogP contribution in [0.4, 0.5) is 10.5 Å². The van der Waals surface area contributed by atoms with Crippen molar-refractivity contribution >= 4 is 29.2 Å². The molecule has 1 unspecified atom stereocenters. The number of benzene rings is 2. The number of nitrogens with zero attached hydrogens (tertiary/aromatic N) is 1. The molecule has 0 radical (unpaired) electrons. The molecule has 1 saturated heterocycles. The van der Waals surface area contributed by atoms with Gasteiger partial charge >= 0.3 is 6.03 Å². The Labute approximate surface area is 150 Å². The van der Waals surface area contributed by atoms with Gasteiger partial charge < -0.3 is 20.3 Å². The number of nitrogens with one attached hydrogen (secondary N) is 2. The fourth-order valence-electron chi connectivity index (χ4n) is 2.73. The summed E-state index contributed by atoms with van der Waals surface area (Å²) in [7, 11) is 1.58. The Hall–Kier alpha value is -2.73. The van der Waals surface area contributed by atoms with Crippen molar-refractivity contribution in [2.24, 2.45) is 0 Å². The van der Waals surface area contributed by atoms with Gasteiger partial charge in [0, 0.05) is 23.8 Å². The molecule has 25 heavy (non-hydrogen) atoms. The summed E-state index contributed by atoms with van der Waals surface area (Å²) >= 11 is 5.86. The molecule has 0 aromatic heterocycles. The minimum Gasteiger partial charge on any atom is -0.497 e. The number of amides is 3. The summed E-state index contributed by atoms with van der Waals surface area (Å²) in [5.41, 5.74) is 1.35. The normalized spacial score (nSPS) is 17.0. The molecule has 2 aromatic carbocycles. The number of rotatable bonds is 3. The quantitative estimate of drug-likeness (QED) is 0.884. The SMILES string of the molecule is COc1ccc(C2C(=O)NCCN2C(=O)Nc2ccc(Cl)cc2)cc1. The second-order valence-electron chi connectivity index (χ2n) is 5.60. The van der Waals surface area contributed by atoms with Crippen molar-refractivity contribution in [1.82, 2.24) is 10.2 Å². The molecular formula is C18H18ClN3O3. The highest BCUT2D eigenvalue weighted by atomic mass is 35.5. The molecule has 6 nitrogen and oxygen atoms in total. The van der Waals surface area contributed by atoms with E-state index in [0.717, 1.165) is 5.56 Å². The molecule has 2 N–H and O–H groups in total. The van der Waals surface area contributed by atoms with E-state index in [1.807, 2.05) is 0 Å². The lowest BCUT2D eigenvalue weighted by molar-refractivity contribution is -0.127. The molecule has 7 heteroatoms. The Morgan fingerprint density at radius 1 is 1.20 bits per heavy atom. The smallest absolute Gasteiger partial charge is 0.322 e. The topological polar surface area (TPSA) is 70.7 Å². The molecule has 130 valence electrons. The maximum atomic E-state index is 12.7. The average molecular weight is 360 g/mol. The van der Waals surface area contributed by atoms with Crippen LogP contribution in [-0.2, 0) is 4.79 Å². The molecule has 0 saturated carbocycles. The van der Waals surface area contributed by atoms with E-state index in [-0.39, 0.29) is 11.9 Å². The third-order valence-electron chi connectivity index (χ3n) is 4.00. The highest BCUT2D eigenvalue weighted by Crippen LogP contribution is 2.26. The third-order valence-corrected chi connectivity index (χ3v) is 4.25. The van der Waals surface area contributed by atoms with Crippen molar-refractivity contribution in [2.45, 2.75) is 6.04 Å². The Bertz CT molecular complexity index is 762. The Balaban J connectivity index is 1.82. The molecule has 0 bridgehead atoms. The molecule has 3 rings (SSSR count). The summed E-state index contributed by atoms with van der Waals surface area (Å²) in [5, 5.41) is 6.20. The Kier molecular flexibility index (Phi) is 5.09. The molecule has 2 aromatic rings. The number of hydrogen-bond acceptors (Lipinski definition) is 3. The molecule has 1 aliphatic rings. The number of piperazine rings is 1. The standard InChI is InChI=1S/C18H18ClN3O3/c1-25-15-8-2-12(3-9-15)16-17(23)20-10-11-22(16)18(24)21-14-6-4-13(19)5-7-14/h2-9,16H,10-11H2,1H3,(H,20,23)(H,21,24). The van der Waals surface area contributed by atoms with Crippen LogP contribution in [0.5, 0.6) is 5.75 Å². The molecule has 3 amide bonds. The van der Waals surface area contributed by atoms with E-state index >= 15 is 0 Å². The Morgan fingerprint density at radius 2 is 1.88 bits per heavy atom. The highest BCUT2D eigenvalue weighted by molar-refractivity contribution is 6.30. The number of halogens is 1. The molecule has 0 aliphatic carbocycles. The maximum absolute atomic E-state index is 12.7. The number of ether oxygens (including phenoxy) is 1. The van der Waals surface area contributed by atoms with E-state index in [0.29, 0.717) is 29.5 Å².